The predicted molar refractivity (Wildman–Crippen MR) is 104 cm³/mol. The number of carbonyl (C=O) groups is 7. The van der Waals surface area contributed by atoms with Crippen molar-refractivity contribution in [3.05, 3.63) is 0 Å². The first-order chi connectivity index (χ1) is 14.8. The Balaban J connectivity index is 2.94. The van der Waals surface area contributed by atoms with E-state index in [-0.39, 0.29) is 13.0 Å². The molecule has 15 nitrogen and oxygen atoms in total. The van der Waals surface area contributed by atoms with Gasteiger partial charge in [-0.1, -0.05) is 0 Å². The molecule has 5 amide bonds. The van der Waals surface area contributed by atoms with Crippen molar-refractivity contribution < 1.29 is 43.8 Å². The first-order valence-corrected chi connectivity index (χ1v) is 9.51. The summed E-state index contributed by atoms with van der Waals surface area (Å²) in [4.78, 5) is 83.0. The molecular formula is C17H26N6O9. The van der Waals surface area contributed by atoms with Gasteiger partial charge in [0.1, 0.15) is 18.1 Å². The summed E-state index contributed by atoms with van der Waals surface area (Å²) >= 11 is 0. The Hall–Kier alpha value is -3.75. The van der Waals surface area contributed by atoms with Gasteiger partial charge in [0.2, 0.25) is 29.5 Å². The topological polar surface area (TPSA) is 265 Å². The summed E-state index contributed by atoms with van der Waals surface area (Å²) in [6.07, 6.45) is -1.49. The maximum absolute atomic E-state index is 12.7. The Morgan fingerprint density at radius 1 is 0.906 bits per heavy atom. The molecule has 1 saturated heterocycles. The van der Waals surface area contributed by atoms with E-state index in [0.29, 0.717) is 6.42 Å². The second-order valence-corrected chi connectivity index (χ2v) is 7.20. The minimum atomic E-state index is -1.70. The van der Waals surface area contributed by atoms with Gasteiger partial charge in [0.25, 0.3) is 0 Å². The van der Waals surface area contributed by atoms with Crippen molar-refractivity contribution in [2.45, 2.75) is 56.3 Å². The molecule has 1 aliphatic rings. The zero-order chi connectivity index (χ0) is 24.6. The van der Waals surface area contributed by atoms with Crippen LogP contribution in [0.15, 0.2) is 0 Å². The highest BCUT2D eigenvalue weighted by Gasteiger charge is 2.38. The summed E-state index contributed by atoms with van der Waals surface area (Å²) in [5.41, 5.74) is 15.6. The Morgan fingerprint density at radius 3 is 1.97 bits per heavy atom. The van der Waals surface area contributed by atoms with Gasteiger partial charge in [-0.3, -0.25) is 28.8 Å². The monoisotopic (exact) mass is 458 g/mol. The van der Waals surface area contributed by atoms with Crippen LogP contribution in [0.1, 0.15) is 32.1 Å². The molecule has 1 rings (SSSR count). The average molecular weight is 458 g/mol. The average Bonchev–Trinajstić information content (AvgIpc) is 3.14. The number of nitrogens with one attached hydrogen (secondary N) is 2. The third kappa shape index (κ3) is 7.82. The third-order valence-electron chi connectivity index (χ3n) is 4.61. The smallest absolute Gasteiger partial charge is 0.326 e. The van der Waals surface area contributed by atoms with Crippen molar-refractivity contribution in [2.75, 3.05) is 6.54 Å². The Kier molecular flexibility index (Phi) is 9.52. The number of rotatable bonds is 12. The summed E-state index contributed by atoms with van der Waals surface area (Å²) in [7, 11) is 0. The van der Waals surface area contributed by atoms with Gasteiger partial charge < -0.3 is 42.9 Å². The number of aliphatic carboxylic acids is 2. The van der Waals surface area contributed by atoms with Gasteiger partial charge in [0.15, 0.2) is 0 Å². The number of amides is 5. The fourth-order valence-electron chi connectivity index (χ4n) is 3.14. The van der Waals surface area contributed by atoms with Gasteiger partial charge in [0, 0.05) is 6.54 Å². The molecule has 1 fully saturated rings. The molecule has 178 valence electrons. The van der Waals surface area contributed by atoms with E-state index in [1.807, 2.05) is 5.32 Å². The number of carboxylic acids is 2. The molecule has 1 heterocycles. The van der Waals surface area contributed by atoms with Crippen LogP contribution in [-0.2, 0) is 33.6 Å². The van der Waals surface area contributed by atoms with Crippen molar-refractivity contribution in [1.82, 2.24) is 15.5 Å². The van der Waals surface area contributed by atoms with Crippen LogP contribution in [0.5, 0.6) is 0 Å². The zero-order valence-corrected chi connectivity index (χ0v) is 17.0. The summed E-state index contributed by atoms with van der Waals surface area (Å²) in [5, 5.41) is 22.1. The second-order valence-electron chi connectivity index (χ2n) is 7.20. The summed E-state index contributed by atoms with van der Waals surface area (Å²) in [5.74, 6) is -7.59. The van der Waals surface area contributed by atoms with Crippen LogP contribution in [0.25, 0.3) is 0 Å². The van der Waals surface area contributed by atoms with E-state index in [1.165, 1.54) is 0 Å². The van der Waals surface area contributed by atoms with Crippen molar-refractivity contribution in [3.8, 4) is 0 Å². The minimum absolute atomic E-state index is 0.122. The Morgan fingerprint density at radius 2 is 1.47 bits per heavy atom. The molecule has 0 radical (unpaired) electrons. The van der Waals surface area contributed by atoms with Gasteiger partial charge >= 0.3 is 11.9 Å². The lowest BCUT2D eigenvalue weighted by atomic mass is 10.1. The van der Waals surface area contributed by atoms with Crippen LogP contribution < -0.4 is 27.8 Å². The van der Waals surface area contributed by atoms with Crippen molar-refractivity contribution in [3.63, 3.8) is 0 Å². The van der Waals surface area contributed by atoms with E-state index in [4.69, 9.17) is 27.4 Å². The van der Waals surface area contributed by atoms with Gasteiger partial charge in [0.05, 0.1) is 25.3 Å². The zero-order valence-electron chi connectivity index (χ0n) is 17.0. The number of likely N-dealkylation sites (tertiary alicyclic amines) is 1. The molecule has 32 heavy (non-hydrogen) atoms. The van der Waals surface area contributed by atoms with Crippen LogP contribution >= 0.6 is 0 Å². The number of hydrogen-bond acceptors (Lipinski definition) is 8. The molecular weight excluding hydrogens is 432 g/mol. The lowest BCUT2D eigenvalue weighted by molar-refractivity contribution is -0.145. The fraction of sp³-hybridized carbons (Fsp3) is 0.588. The van der Waals surface area contributed by atoms with Crippen molar-refractivity contribution in [1.29, 1.82) is 0 Å². The standard InChI is InChI=1S/C17H26N6O9/c18-7(4-13(26)27)16(30)23-3-1-2-10(23)15(29)21-8(5-11(19)24)14(28)22-9(17(31)32)6-12(20)25/h7-10H,1-6,18H2,(H2,19,24)(H2,20,25)(H,21,29)(H,22,28)(H,26,27)(H,31,32). The molecule has 4 atom stereocenters. The van der Waals surface area contributed by atoms with Crippen molar-refractivity contribution in [2.24, 2.45) is 17.2 Å². The first-order valence-electron chi connectivity index (χ1n) is 9.51. The second kappa shape index (κ2) is 11.6. The largest absolute Gasteiger partial charge is 0.481 e. The van der Waals surface area contributed by atoms with E-state index in [0.717, 1.165) is 4.90 Å². The van der Waals surface area contributed by atoms with Gasteiger partial charge in [-0.05, 0) is 12.8 Å². The van der Waals surface area contributed by atoms with Crippen LogP contribution in [0.2, 0.25) is 0 Å². The molecule has 0 aromatic carbocycles. The minimum Gasteiger partial charge on any atom is -0.481 e. The molecule has 0 bridgehead atoms. The predicted octanol–water partition coefficient (Wildman–Crippen LogP) is -4.42. The molecule has 15 heteroatoms. The summed E-state index contributed by atoms with van der Waals surface area (Å²) in [6, 6.07) is -5.77. The number of carbonyl (C=O) groups excluding carboxylic acids is 5. The highest BCUT2D eigenvalue weighted by Crippen LogP contribution is 2.19. The van der Waals surface area contributed by atoms with Gasteiger partial charge in [-0.25, -0.2) is 4.79 Å². The van der Waals surface area contributed by atoms with Crippen LogP contribution in [0, 0.1) is 0 Å². The van der Waals surface area contributed by atoms with E-state index < -0.39 is 84.9 Å². The number of nitrogens with zero attached hydrogens (tertiary/aromatic N) is 1. The normalized spacial score (nSPS) is 18.2. The van der Waals surface area contributed by atoms with E-state index >= 15 is 0 Å². The SMILES string of the molecule is NC(=O)CC(NC(=O)C(CC(N)=O)NC(=O)C1CCCN1C(=O)C(N)CC(=O)O)C(=O)O. The number of primary amides is 2. The van der Waals surface area contributed by atoms with Crippen LogP contribution in [-0.4, -0.2) is 87.3 Å². The number of carboxylic acid groups (broad SMARTS) is 2. The quantitative estimate of drug-likeness (QED) is 0.147. The molecule has 1 aliphatic heterocycles. The fourth-order valence-corrected chi connectivity index (χ4v) is 3.14. The third-order valence-corrected chi connectivity index (χ3v) is 4.61. The van der Waals surface area contributed by atoms with Crippen LogP contribution in [0.4, 0.5) is 0 Å². The number of nitrogens with two attached hydrogens (primary N) is 3. The molecule has 10 N–H and O–H groups in total. The first kappa shape index (κ1) is 26.3. The van der Waals surface area contributed by atoms with Crippen molar-refractivity contribution >= 4 is 41.5 Å². The maximum atomic E-state index is 12.7. The Bertz CT molecular complexity index is 801. The highest BCUT2D eigenvalue weighted by molar-refractivity contribution is 5.97. The lowest BCUT2D eigenvalue weighted by Gasteiger charge is -2.28. The molecule has 0 spiro atoms. The van der Waals surface area contributed by atoms with E-state index in [1.54, 1.807) is 0 Å². The molecule has 0 aliphatic carbocycles. The number of hydrogen-bond donors (Lipinski definition) is 7. The van der Waals surface area contributed by atoms with E-state index in [9.17, 15) is 33.6 Å². The molecule has 0 aromatic rings. The lowest BCUT2D eigenvalue weighted by Crippen LogP contribution is -2.57. The van der Waals surface area contributed by atoms with E-state index in [2.05, 4.69) is 5.32 Å². The Labute approximate surface area is 181 Å². The molecule has 0 aromatic heterocycles. The molecule has 0 saturated carbocycles. The summed E-state index contributed by atoms with van der Waals surface area (Å²) in [6.45, 7) is 0.122. The highest BCUT2D eigenvalue weighted by atomic mass is 16.4. The van der Waals surface area contributed by atoms with Gasteiger partial charge in [-0.2, -0.15) is 0 Å². The molecule has 4 unspecified atom stereocenters. The summed E-state index contributed by atoms with van der Waals surface area (Å²) < 4.78 is 0. The maximum Gasteiger partial charge on any atom is 0.326 e. The van der Waals surface area contributed by atoms with Gasteiger partial charge in [-0.15, -0.1) is 0 Å². The van der Waals surface area contributed by atoms with Crippen LogP contribution in [0.3, 0.4) is 0 Å².